The van der Waals surface area contributed by atoms with Crippen LogP contribution in [-0.4, -0.2) is 30.3 Å². The molecule has 1 rings (SSSR count). The second-order valence-electron chi connectivity index (χ2n) is 3.46. The van der Waals surface area contributed by atoms with Crippen LogP contribution in [0.15, 0.2) is 22.1 Å². The van der Waals surface area contributed by atoms with E-state index in [0.29, 0.717) is 5.76 Å². The number of aliphatic hydroxyl groups is 1. The number of aliphatic hydroxyl groups excluding tert-OH is 1. The van der Waals surface area contributed by atoms with Crippen LogP contribution in [0.5, 0.6) is 0 Å². The molecule has 6 nitrogen and oxygen atoms in total. The summed E-state index contributed by atoms with van der Waals surface area (Å²) < 4.78 is 14.7. The molecule has 0 aromatic carbocycles. The highest BCUT2D eigenvalue weighted by Gasteiger charge is 2.21. The van der Waals surface area contributed by atoms with Crippen molar-refractivity contribution < 1.29 is 28.6 Å². The van der Waals surface area contributed by atoms with Crippen LogP contribution in [0.2, 0.25) is 0 Å². The number of hydrogen-bond donors (Lipinski definition) is 1. The van der Waals surface area contributed by atoms with Gasteiger partial charge in [0.1, 0.15) is 23.7 Å². The number of hydrogen-bond acceptors (Lipinski definition) is 6. The molecule has 0 bridgehead atoms. The molecule has 1 heterocycles. The fraction of sp³-hybridized carbons (Fsp3) is 0.385. The standard InChI is InChI=1S/C13H16O6/c1-3-17-12(15)11(13(16)18-4-2)7-9-5-6-10(8-14)19-9/h5-7,14H,3-4,8H2,1-2H3. The molecule has 0 saturated heterocycles. The van der Waals surface area contributed by atoms with Crippen LogP contribution in [-0.2, 0) is 25.7 Å². The summed E-state index contributed by atoms with van der Waals surface area (Å²) in [5, 5.41) is 8.87. The normalized spacial score (nSPS) is 9.84. The minimum atomic E-state index is -0.775. The maximum Gasteiger partial charge on any atom is 0.345 e. The molecule has 0 fully saturated rings. The van der Waals surface area contributed by atoms with Gasteiger partial charge in [-0.3, -0.25) is 0 Å². The molecule has 0 aliphatic heterocycles. The first-order valence-corrected chi connectivity index (χ1v) is 5.87. The number of carbonyl (C=O) groups is 2. The fourth-order valence-corrected chi connectivity index (χ4v) is 1.32. The molecule has 1 aromatic rings. The molecular formula is C13H16O6. The highest BCUT2D eigenvalue weighted by molar-refractivity contribution is 6.17. The third-order valence-corrected chi connectivity index (χ3v) is 2.12. The van der Waals surface area contributed by atoms with Crippen molar-refractivity contribution >= 4 is 18.0 Å². The second kappa shape index (κ2) is 7.38. The highest BCUT2D eigenvalue weighted by Crippen LogP contribution is 2.14. The van der Waals surface area contributed by atoms with Gasteiger partial charge in [-0.2, -0.15) is 0 Å². The first-order valence-electron chi connectivity index (χ1n) is 5.87. The molecule has 6 heteroatoms. The maximum absolute atomic E-state index is 11.7. The first kappa shape index (κ1) is 15.0. The van der Waals surface area contributed by atoms with Gasteiger partial charge in [0.05, 0.1) is 13.2 Å². The van der Waals surface area contributed by atoms with Crippen LogP contribution < -0.4 is 0 Å². The lowest BCUT2D eigenvalue weighted by Gasteiger charge is -2.05. The SMILES string of the molecule is CCOC(=O)C(=Cc1ccc(CO)o1)C(=O)OCC. The average Bonchev–Trinajstić information content (AvgIpc) is 2.84. The number of esters is 2. The van der Waals surface area contributed by atoms with Gasteiger partial charge in [0.15, 0.2) is 0 Å². The van der Waals surface area contributed by atoms with E-state index in [4.69, 9.17) is 19.0 Å². The zero-order valence-corrected chi connectivity index (χ0v) is 10.8. The number of carbonyl (C=O) groups excluding carboxylic acids is 2. The van der Waals surface area contributed by atoms with Gasteiger partial charge in [0.2, 0.25) is 0 Å². The quantitative estimate of drug-likeness (QED) is 0.362. The summed E-state index contributed by atoms with van der Waals surface area (Å²) >= 11 is 0. The first-order chi connectivity index (χ1) is 9.12. The second-order valence-corrected chi connectivity index (χ2v) is 3.46. The Bertz CT molecular complexity index is 451. The van der Waals surface area contributed by atoms with E-state index in [1.165, 1.54) is 12.1 Å². The molecule has 0 radical (unpaired) electrons. The van der Waals surface area contributed by atoms with Gasteiger partial charge in [-0.15, -0.1) is 0 Å². The van der Waals surface area contributed by atoms with Gasteiger partial charge in [-0.05, 0) is 26.0 Å². The fourth-order valence-electron chi connectivity index (χ4n) is 1.32. The van der Waals surface area contributed by atoms with Crippen LogP contribution in [0.4, 0.5) is 0 Å². The Morgan fingerprint density at radius 1 is 1.21 bits per heavy atom. The van der Waals surface area contributed by atoms with Crippen molar-refractivity contribution in [1.29, 1.82) is 0 Å². The Labute approximate surface area is 110 Å². The molecule has 0 unspecified atom stereocenters. The lowest BCUT2D eigenvalue weighted by atomic mass is 10.2. The van der Waals surface area contributed by atoms with Crippen molar-refractivity contribution in [3.63, 3.8) is 0 Å². The summed E-state index contributed by atoms with van der Waals surface area (Å²) in [6.07, 6.45) is 1.23. The van der Waals surface area contributed by atoms with Gasteiger partial charge >= 0.3 is 11.9 Å². The van der Waals surface area contributed by atoms with Gasteiger partial charge in [-0.1, -0.05) is 0 Å². The highest BCUT2D eigenvalue weighted by atomic mass is 16.6. The topological polar surface area (TPSA) is 86.0 Å². The van der Waals surface area contributed by atoms with Crippen molar-refractivity contribution in [2.75, 3.05) is 13.2 Å². The summed E-state index contributed by atoms with van der Waals surface area (Å²) in [6, 6.07) is 3.07. The van der Waals surface area contributed by atoms with Gasteiger partial charge in [0.25, 0.3) is 0 Å². The van der Waals surface area contributed by atoms with Crippen molar-refractivity contribution in [3.05, 3.63) is 29.2 Å². The molecule has 0 spiro atoms. The predicted molar refractivity (Wildman–Crippen MR) is 65.9 cm³/mol. The third kappa shape index (κ3) is 4.26. The predicted octanol–water partition coefficient (Wildman–Crippen LogP) is 1.28. The summed E-state index contributed by atoms with van der Waals surface area (Å²) in [4.78, 5) is 23.3. The van der Waals surface area contributed by atoms with Gasteiger partial charge in [-0.25, -0.2) is 9.59 Å². The zero-order valence-electron chi connectivity index (χ0n) is 10.8. The molecular weight excluding hydrogens is 252 g/mol. The number of ether oxygens (including phenoxy) is 2. The molecule has 0 saturated carbocycles. The van der Waals surface area contributed by atoms with Crippen LogP contribution in [0.3, 0.4) is 0 Å². The molecule has 104 valence electrons. The van der Waals surface area contributed by atoms with E-state index in [2.05, 4.69) is 0 Å². The van der Waals surface area contributed by atoms with E-state index < -0.39 is 11.9 Å². The largest absolute Gasteiger partial charge is 0.462 e. The molecule has 1 N–H and O–H groups in total. The molecule has 1 aromatic heterocycles. The van der Waals surface area contributed by atoms with Gasteiger partial charge < -0.3 is 19.0 Å². The van der Waals surface area contributed by atoms with Gasteiger partial charge in [0, 0.05) is 6.08 Å². The maximum atomic E-state index is 11.7. The van der Waals surface area contributed by atoms with Crippen LogP contribution >= 0.6 is 0 Å². The summed E-state index contributed by atoms with van der Waals surface area (Å²) in [6.45, 7) is 3.31. The van der Waals surface area contributed by atoms with Crippen molar-refractivity contribution in [2.24, 2.45) is 0 Å². The van der Waals surface area contributed by atoms with E-state index in [-0.39, 0.29) is 31.2 Å². The number of rotatable bonds is 6. The molecule has 0 aliphatic rings. The van der Waals surface area contributed by atoms with Crippen LogP contribution in [0, 0.1) is 0 Å². The van der Waals surface area contributed by atoms with E-state index in [9.17, 15) is 9.59 Å². The lowest BCUT2D eigenvalue weighted by molar-refractivity contribution is -0.146. The molecule has 0 aliphatic carbocycles. The monoisotopic (exact) mass is 268 g/mol. The summed E-state index contributed by atoms with van der Waals surface area (Å²) in [5.41, 5.74) is -0.248. The molecule has 0 atom stereocenters. The third-order valence-electron chi connectivity index (χ3n) is 2.12. The minimum Gasteiger partial charge on any atom is -0.462 e. The average molecular weight is 268 g/mol. The molecule has 19 heavy (non-hydrogen) atoms. The van der Waals surface area contributed by atoms with E-state index in [1.54, 1.807) is 19.9 Å². The Morgan fingerprint density at radius 2 is 1.79 bits per heavy atom. The molecule has 0 amide bonds. The smallest absolute Gasteiger partial charge is 0.345 e. The van der Waals surface area contributed by atoms with E-state index >= 15 is 0 Å². The Kier molecular flexibility index (Phi) is 5.81. The summed E-state index contributed by atoms with van der Waals surface area (Å²) in [7, 11) is 0. The Hall–Kier alpha value is -2.08. The number of furan rings is 1. The zero-order chi connectivity index (χ0) is 14.3. The summed E-state index contributed by atoms with van der Waals surface area (Å²) in [5.74, 6) is -0.954. The van der Waals surface area contributed by atoms with Crippen molar-refractivity contribution in [1.82, 2.24) is 0 Å². The van der Waals surface area contributed by atoms with E-state index in [0.717, 1.165) is 0 Å². The lowest BCUT2D eigenvalue weighted by Crippen LogP contribution is -2.18. The minimum absolute atomic E-state index is 0.148. The Morgan fingerprint density at radius 3 is 2.21 bits per heavy atom. The van der Waals surface area contributed by atoms with Crippen LogP contribution in [0.1, 0.15) is 25.4 Å². The Balaban J connectivity index is 3.00. The van der Waals surface area contributed by atoms with Crippen molar-refractivity contribution in [3.8, 4) is 0 Å². The van der Waals surface area contributed by atoms with Crippen molar-refractivity contribution in [2.45, 2.75) is 20.5 Å². The van der Waals surface area contributed by atoms with Crippen LogP contribution in [0.25, 0.3) is 6.08 Å². The van der Waals surface area contributed by atoms with E-state index in [1.807, 2.05) is 0 Å².